The highest BCUT2D eigenvalue weighted by molar-refractivity contribution is 5.79. The summed E-state index contributed by atoms with van der Waals surface area (Å²) in [6.45, 7) is 2.13. The van der Waals surface area contributed by atoms with Crippen LogP contribution in [-0.4, -0.2) is 9.55 Å². The molecule has 0 aliphatic carbocycles. The van der Waals surface area contributed by atoms with Crippen molar-refractivity contribution in [1.29, 1.82) is 0 Å². The van der Waals surface area contributed by atoms with Crippen molar-refractivity contribution >= 4 is 17.1 Å². The van der Waals surface area contributed by atoms with Gasteiger partial charge in [0, 0.05) is 6.20 Å². The molecule has 0 unspecified atom stereocenters. The van der Waals surface area contributed by atoms with Crippen molar-refractivity contribution in [3.8, 4) is 0 Å². The summed E-state index contributed by atoms with van der Waals surface area (Å²) in [5, 5.41) is 0.658. The zero-order valence-electron chi connectivity index (χ0n) is 9.26. The van der Waals surface area contributed by atoms with Crippen LogP contribution in [0.1, 0.15) is 19.8 Å². The minimum Gasteiger partial charge on any atom is -0.307 e. The van der Waals surface area contributed by atoms with Gasteiger partial charge in [0.1, 0.15) is 6.33 Å². The standard InChI is InChI=1S/C13H14N2O/c1-2-3-6-9-15-10-14-13(16)11-7-4-5-8-12(11)15/h4-10H,2-3H2,1H3. The van der Waals surface area contributed by atoms with E-state index in [1.807, 2.05) is 29.0 Å². The number of para-hydroxylation sites is 1. The Morgan fingerprint density at radius 3 is 3.00 bits per heavy atom. The summed E-state index contributed by atoms with van der Waals surface area (Å²) in [6.07, 6.45) is 7.75. The second kappa shape index (κ2) is 4.75. The highest BCUT2D eigenvalue weighted by atomic mass is 16.1. The van der Waals surface area contributed by atoms with Gasteiger partial charge < -0.3 is 4.57 Å². The minimum atomic E-state index is -0.171. The average molecular weight is 214 g/mol. The topological polar surface area (TPSA) is 34.9 Å². The van der Waals surface area contributed by atoms with Gasteiger partial charge in [-0.15, -0.1) is 0 Å². The molecule has 0 saturated carbocycles. The lowest BCUT2D eigenvalue weighted by Gasteiger charge is -2.03. The van der Waals surface area contributed by atoms with E-state index in [0.29, 0.717) is 5.39 Å². The minimum absolute atomic E-state index is 0.171. The summed E-state index contributed by atoms with van der Waals surface area (Å²) in [5.74, 6) is 0. The molecular formula is C13H14N2O. The van der Waals surface area contributed by atoms with E-state index in [0.717, 1.165) is 18.4 Å². The smallest absolute Gasteiger partial charge is 0.280 e. The number of hydrogen-bond acceptors (Lipinski definition) is 2. The average Bonchev–Trinajstić information content (AvgIpc) is 2.33. The van der Waals surface area contributed by atoms with Crippen molar-refractivity contribution in [3.63, 3.8) is 0 Å². The summed E-state index contributed by atoms with van der Waals surface area (Å²) >= 11 is 0. The molecule has 0 spiro atoms. The van der Waals surface area contributed by atoms with Gasteiger partial charge in [-0.1, -0.05) is 31.6 Å². The third-order valence-electron chi connectivity index (χ3n) is 2.43. The van der Waals surface area contributed by atoms with Crippen molar-refractivity contribution in [1.82, 2.24) is 9.55 Å². The predicted molar refractivity (Wildman–Crippen MR) is 66.2 cm³/mol. The maximum absolute atomic E-state index is 11.5. The van der Waals surface area contributed by atoms with Gasteiger partial charge >= 0.3 is 0 Å². The number of aromatic nitrogens is 2. The Bertz CT molecular complexity index is 569. The molecule has 82 valence electrons. The summed E-state index contributed by atoms with van der Waals surface area (Å²) in [7, 11) is 0. The lowest BCUT2D eigenvalue weighted by Crippen LogP contribution is -2.09. The van der Waals surface area contributed by atoms with Crippen molar-refractivity contribution in [2.75, 3.05) is 0 Å². The molecule has 1 heterocycles. The maximum Gasteiger partial charge on any atom is 0.280 e. The van der Waals surface area contributed by atoms with E-state index in [1.165, 1.54) is 0 Å². The van der Waals surface area contributed by atoms with Crippen LogP contribution in [-0.2, 0) is 0 Å². The Morgan fingerprint density at radius 2 is 2.19 bits per heavy atom. The van der Waals surface area contributed by atoms with Crippen LogP contribution < -0.4 is 5.56 Å². The maximum atomic E-state index is 11.5. The van der Waals surface area contributed by atoms with Crippen molar-refractivity contribution < 1.29 is 0 Å². The Balaban J connectivity index is 2.54. The van der Waals surface area contributed by atoms with Crippen LogP contribution in [0.3, 0.4) is 0 Å². The lowest BCUT2D eigenvalue weighted by molar-refractivity contribution is 0.954. The van der Waals surface area contributed by atoms with E-state index in [2.05, 4.69) is 18.0 Å². The first-order chi connectivity index (χ1) is 7.83. The van der Waals surface area contributed by atoms with Crippen LogP contribution in [0.2, 0.25) is 0 Å². The van der Waals surface area contributed by atoms with Gasteiger partial charge in [-0.25, -0.2) is 0 Å². The summed E-state index contributed by atoms with van der Waals surface area (Å²) in [4.78, 5) is 15.4. The quantitative estimate of drug-likeness (QED) is 0.787. The number of hydrogen-bond donors (Lipinski definition) is 0. The molecule has 0 bridgehead atoms. The molecule has 0 radical (unpaired) electrons. The van der Waals surface area contributed by atoms with Gasteiger partial charge in [0.2, 0.25) is 0 Å². The van der Waals surface area contributed by atoms with E-state index in [1.54, 1.807) is 12.4 Å². The number of rotatable bonds is 3. The molecule has 1 aromatic carbocycles. The largest absolute Gasteiger partial charge is 0.307 e. The fourth-order valence-corrected chi connectivity index (χ4v) is 1.60. The van der Waals surface area contributed by atoms with Gasteiger partial charge in [0.15, 0.2) is 0 Å². The summed E-state index contributed by atoms with van der Waals surface area (Å²) in [5.41, 5.74) is 0.727. The molecule has 16 heavy (non-hydrogen) atoms. The third kappa shape index (κ3) is 2.03. The van der Waals surface area contributed by atoms with E-state index >= 15 is 0 Å². The molecule has 0 fully saturated rings. The Morgan fingerprint density at radius 1 is 1.38 bits per heavy atom. The first kappa shape index (κ1) is 10.6. The molecule has 0 N–H and O–H groups in total. The fraction of sp³-hybridized carbons (Fsp3) is 0.231. The molecule has 3 heteroatoms. The van der Waals surface area contributed by atoms with Gasteiger partial charge in [0.25, 0.3) is 5.56 Å². The first-order valence-electron chi connectivity index (χ1n) is 5.45. The Hall–Kier alpha value is -1.90. The lowest BCUT2D eigenvalue weighted by atomic mass is 10.2. The Kier molecular flexibility index (Phi) is 3.15. The highest BCUT2D eigenvalue weighted by Gasteiger charge is 1.99. The zero-order chi connectivity index (χ0) is 11.4. The number of nitrogens with zero attached hydrogens (tertiary/aromatic N) is 2. The van der Waals surface area contributed by atoms with E-state index in [4.69, 9.17) is 0 Å². The molecule has 0 aliphatic heterocycles. The van der Waals surface area contributed by atoms with E-state index in [9.17, 15) is 4.79 Å². The van der Waals surface area contributed by atoms with Crippen LogP contribution >= 0.6 is 0 Å². The molecule has 0 atom stereocenters. The van der Waals surface area contributed by atoms with Crippen LogP contribution in [0, 0.1) is 0 Å². The fourth-order valence-electron chi connectivity index (χ4n) is 1.60. The normalized spacial score (nSPS) is 11.3. The van der Waals surface area contributed by atoms with Crippen LogP contribution in [0.15, 0.2) is 41.5 Å². The molecule has 1 aromatic heterocycles. The summed E-state index contributed by atoms with van der Waals surface area (Å²) < 4.78 is 1.88. The zero-order valence-corrected chi connectivity index (χ0v) is 9.26. The number of allylic oxidation sites excluding steroid dienone is 1. The number of benzene rings is 1. The van der Waals surface area contributed by atoms with E-state index < -0.39 is 0 Å². The number of fused-ring (bicyclic) bond motifs is 1. The highest BCUT2D eigenvalue weighted by Crippen LogP contribution is 2.08. The molecule has 0 saturated heterocycles. The third-order valence-corrected chi connectivity index (χ3v) is 2.43. The molecule has 0 amide bonds. The molecule has 3 nitrogen and oxygen atoms in total. The predicted octanol–water partition coefficient (Wildman–Crippen LogP) is 2.67. The second-order valence-electron chi connectivity index (χ2n) is 3.65. The summed E-state index contributed by atoms with van der Waals surface area (Å²) in [6, 6.07) is 7.50. The first-order valence-corrected chi connectivity index (χ1v) is 5.45. The number of unbranched alkanes of at least 4 members (excludes halogenated alkanes) is 1. The molecule has 2 aromatic rings. The van der Waals surface area contributed by atoms with Gasteiger partial charge in [-0.05, 0) is 18.6 Å². The van der Waals surface area contributed by atoms with Crippen molar-refractivity contribution in [3.05, 3.63) is 47.0 Å². The van der Waals surface area contributed by atoms with Crippen LogP contribution in [0.4, 0.5) is 0 Å². The second-order valence-corrected chi connectivity index (χ2v) is 3.65. The molecular weight excluding hydrogens is 200 g/mol. The van der Waals surface area contributed by atoms with Gasteiger partial charge in [-0.2, -0.15) is 4.98 Å². The van der Waals surface area contributed by atoms with Crippen LogP contribution in [0.5, 0.6) is 0 Å². The van der Waals surface area contributed by atoms with Gasteiger partial charge in [0.05, 0.1) is 10.9 Å². The molecule has 0 aliphatic rings. The van der Waals surface area contributed by atoms with Crippen LogP contribution in [0.25, 0.3) is 17.1 Å². The molecule has 2 rings (SSSR count). The van der Waals surface area contributed by atoms with E-state index in [-0.39, 0.29) is 5.56 Å². The monoisotopic (exact) mass is 214 g/mol. The van der Waals surface area contributed by atoms with Crippen molar-refractivity contribution in [2.24, 2.45) is 0 Å². The SMILES string of the molecule is CCCC=Cn1cnc(=O)c2ccccc21. The Labute approximate surface area is 94.1 Å². The van der Waals surface area contributed by atoms with Crippen molar-refractivity contribution in [2.45, 2.75) is 19.8 Å². The van der Waals surface area contributed by atoms with Gasteiger partial charge in [-0.3, -0.25) is 4.79 Å².